The van der Waals surface area contributed by atoms with Crippen molar-refractivity contribution in [1.82, 2.24) is 0 Å². The summed E-state index contributed by atoms with van der Waals surface area (Å²) >= 11 is 0. The fraction of sp³-hybridized carbons (Fsp3) is 0.250. The average Bonchev–Trinajstić information content (AvgIpc) is 2.28. The van der Waals surface area contributed by atoms with Gasteiger partial charge in [0, 0.05) is 0 Å². The Balaban J connectivity index is 2.53. The zero-order valence-corrected chi connectivity index (χ0v) is 6.62. The van der Waals surface area contributed by atoms with Gasteiger partial charge in [-0.15, -0.1) is 0 Å². The normalized spacial score (nSPS) is 21.2. The molecular weight excluding hydrogens is 158 g/mol. The van der Waals surface area contributed by atoms with Gasteiger partial charge in [0.15, 0.2) is 0 Å². The highest BCUT2D eigenvalue weighted by Crippen LogP contribution is 2.22. The van der Waals surface area contributed by atoms with Gasteiger partial charge >= 0.3 is 7.12 Å². The van der Waals surface area contributed by atoms with Crippen molar-refractivity contribution in [1.29, 1.82) is 0 Å². The molecule has 1 atom stereocenters. The molecule has 0 fully saturated rings. The number of hydrogen-bond donors (Lipinski definition) is 1. The summed E-state index contributed by atoms with van der Waals surface area (Å²) in [6.45, 7) is 1.79. The molecule has 0 saturated carbocycles. The van der Waals surface area contributed by atoms with Gasteiger partial charge in [-0.1, -0.05) is 6.07 Å². The number of rotatable bonds is 0. The first-order valence-corrected chi connectivity index (χ1v) is 3.81. The molecule has 0 saturated heterocycles. The summed E-state index contributed by atoms with van der Waals surface area (Å²) in [5, 5.41) is 9.30. The van der Waals surface area contributed by atoms with Gasteiger partial charge < -0.3 is 9.68 Å². The lowest BCUT2D eigenvalue weighted by atomic mass is 9.79. The summed E-state index contributed by atoms with van der Waals surface area (Å²) in [6.07, 6.45) is -0.217. The molecule has 2 rings (SSSR count). The monoisotopic (exact) mass is 166 g/mol. The predicted molar refractivity (Wildman–Crippen MR) is 43.5 cm³/mol. The molecule has 1 aliphatic rings. The molecule has 1 heterocycles. The minimum absolute atomic E-state index is 0.217. The first-order chi connectivity index (χ1) is 5.68. The number of hydrogen-bond acceptors (Lipinski definition) is 2. The standard InChI is InChI=1S/C8H8BFO2/c1-5-7-4-6(10)2-3-8(7)9(11)12-5/h2-5,11H,1H3. The van der Waals surface area contributed by atoms with Crippen LogP contribution in [0.3, 0.4) is 0 Å². The van der Waals surface area contributed by atoms with Crippen LogP contribution in [0.25, 0.3) is 0 Å². The Morgan fingerprint density at radius 2 is 2.33 bits per heavy atom. The van der Waals surface area contributed by atoms with Crippen LogP contribution in [-0.4, -0.2) is 12.1 Å². The largest absolute Gasteiger partial charge is 0.491 e. The Hall–Kier alpha value is -0.865. The van der Waals surface area contributed by atoms with Crippen LogP contribution in [0.1, 0.15) is 18.6 Å². The Morgan fingerprint density at radius 3 is 3.08 bits per heavy atom. The Morgan fingerprint density at radius 1 is 1.58 bits per heavy atom. The summed E-state index contributed by atoms with van der Waals surface area (Å²) in [6, 6.07) is 4.28. The van der Waals surface area contributed by atoms with E-state index in [0.29, 0.717) is 5.46 Å². The Bertz CT molecular complexity index is 316. The summed E-state index contributed by atoms with van der Waals surface area (Å²) in [5.41, 5.74) is 1.41. The molecule has 2 nitrogen and oxygen atoms in total. The lowest BCUT2D eigenvalue weighted by molar-refractivity contribution is 0.208. The van der Waals surface area contributed by atoms with Gasteiger partial charge in [-0.25, -0.2) is 4.39 Å². The third-order valence-corrected chi connectivity index (χ3v) is 2.09. The van der Waals surface area contributed by atoms with Crippen molar-refractivity contribution in [2.24, 2.45) is 0 Å². The highest BCUT2D eigenvalue weighted by atomic mass is 19.1. The highest BCUT2D eigenvalue weighted by molar-refractivity contribution is 6.61. The van der Waals surface area contributed by atoms with Crippen molar-refractivity contribution in [3.63, 3.8) is 0 Å². The maximum atomic E-state index is 12.7. The van der Waals surface area contributed by atoms with E-state index in [1.54, 1.807) is 13.0 Å². The van der Waals surface area contributed by atoms with E-state index >= 15 is 0 Å². The molecule has 0 spiro atoms. The molecule has 1 aliphatic heterocycles. The fourth-order valence-corrected chi connectivity index (χ4v) is 1.46. The molecule has 0 aliphatic carbocycles. The molecule has 1 aromatic rings. The van der Waals surface area contributed by atoms with Crippen molar-refractivity contribution < 1.29 is 14.1 Å². The van der Waals surface area contributed by atoms with Crippen molar-refractivity contribution in [2.45, 2.75) is 13.0 Å². The van der Waals surface area contributed by atoms with E-state index in [0.717, 1.165) is 5.56 Å². The summed E-state index contributed by atoms with van der Waals surface area (Å²) in [4.78, 5) is 0. The van der Waals surface area contributed by atoms with Crippen LogP contribution in [0.4, 0.5) is 4.39 Å². The van der Waals surface area contributed by atoms with Crippen LogP contribution >= 0.6 is 0 Å². The SMILES string of the molecule is CC1OB(O)c2ccc(F)cc21. The minimum Gasteiger partial charge on any atom is -0.423 e. The maximum absolute atomic E-state index is 12.7. The lowest BCUT2D eigenvalue weighted by Crippen LogP contribution is -2.27. The molecule has 0 bridgehead atoms. The first-order valence-electron chi connectivity index (χ1n) is 3.81. The smallest absolute Gasteiger partial charge is 0.423 e. The van der Waals surface area contributed by atoms with E-state index in [9.17, 15) is 9.41 Å². The highest BCUT2D eigenvalue weighted by Gasteiger charge is 2.32. The second-order valence-corrected chi connectivity index (χ2v) is 2.90. The van der Waals surface area contributed by atoms with Crippen molar-refractivity contribution in [2.75, 3.05) is 0 Å². The fourth-order valence-electron chi connectivity index (χ4n) is 1.46. The van der Waals surface area contributed by atoms with E-state index in [1.807, 2.05) is 0 Å². The molecule has 0 radical (unpaired) electrons. The molecule has 1 N–H and O–H groups in total. The van der Waals surface area contributed by atoms with E-state index < -0.39 is 7.12 Å². The molecular formula is C8H8BFO2. The molecule has 0 aromatic heterocycles. The Kier molecular flexibility index (Phi) is 1.66. The zero-order chi connectivity index (χ0) is 8.72. The summed E-state index contributed by atoms with van der Waals surface area (Å²) in [5.74, 6) is -0.293. The van der Waals surface area contributed by atoms with Crippen LogP contribution in [0, 0.1) is 5.82 Å². The van der Waals surface area contributed by atoms with Crippen LogP contribution < -0.4 is 5.46 Å². The predicted octanol–water partition coefficient (Wildman–Crippen LogP) is 0.604. The van der Waals surface area contributed by atoms with Crippen molar-refractivity contribution in [3.05, 3.63) is 29.6 Å². The van der Waals surface area contributed by atoms with Crippen molar-refractivity contribution >= 4 is 12.6 Å². The molecule has 0 amide bonds. The van der Waals surface area contributed by atoms with Gasteiger partial charge in [0.1, 0.15) is 5.82 Å². The van der Waals surface area contributed by atoms with Gasteiger partial charge in [0.05, 0.1) is 6.10 Å². The number of benzene rings is 1. The van der Waals surface area contributed by atoms with Gasteiger partial charge in [-0.2, -0.15) is 0 Å². The minimum atomic E-state index is -0.893. The molecule has 1 unspecified atom stereocenters. The van der Waals surface area contributed by atoms with E-state index in [1.165, 1.54) is 12.1 Å². The Labute approximate surface area is 70.1 Å². The van der Waals surface area contributed by atoms with Gasteiger partial charge in [-0.05, 0) is 30.1 Å². The third kappa shape index (κ3) is 1.04. The third-order valence-electron chi connectivity index (χ3n) is 2.09. The summed E-state index contributed by atoms with van der Waals surface area (Å²) < 4.78 is 17.8. The molecule has 62 valence electrons. The van der Waals surface area contributed by atoms with Crippen LogP contribution in [0.2, 0.25) is 0 Å². The van der Waals surface area contributed by atoms with E-state index in [2.05, 4.69) is 0 Å². The zero-order valence-electron chi connectivity index (χ0n) is 6.62. The van der Waals surface area contributed by atoms with E-state index in [4.69, 9.17) is 4.65 Å². The van der Waals surface area contributed by atoms with E-state index in [-0.39, 0.29) is 11.9 Å². The number of fused-ring (bicyclic) bond motifs is 1. The topological polar surface area (TPSA) is 29.5 Å². The van der Waals surface area contributed by atoms with Gasteiger partial charge in [-0.3, -0.25) is 0 Å². The van der Waals surface area contributed by atoms with Crippen LogP contribution in [0.15, 0.2) is 18.2 Å². The van der Waals surface area contributed by atoms with Gasteiger partial charge in [0.25, 0.3) is 0 Å². The van der Waals surface area contributed by atoms with Gasteiger partial charge in [0.2, 0.25) is 0 Å². The quantitative estimate of drug-likeness (QED) is 0.572. The molecule has 1 aromatic carbocycles. The number of halogens is 1. The molecule has 4 heteroatoms. The molecule has 12 heavy (non-hydrogen) atoms. The lowest BCUT2D eigenvalue weighted by Gasteiger charge is -2.02. The first kappa shape index (κ1) is 7.77. The van der Waals surface area contributed by atoms with Crippen LogP contribution in [-0.2, 0) is 4.65 Å². The van der Waals surface area contributed by atoms with Crippen molar-refractivity contribution in [3.8, 4) is 0 Å². The average molecular weight is 166 g/mol. The maximum Gasteiger partial charge on any atom is 0.491 e. The van der Waals surface area contributed by atoms with Crippen LogP contribution in [0.5, 0.6) is 0 Å². The second-order valence-electron chi connectivity index (χ2n) is 2.90. The second kappa shape index (κ2) is 2.57. The summed E-state index contributed by atoms with van der Waals surface area (Å²) in [7, 11) is -0.893.